The number of hydrogen-bond acceptors (Lipinski definition) is 4. The van der Waals surface area contributed by atoms with E-state index in [1.807, 2.05) is 25.3 Å². The van der Waals surface area contributed by atoms with Gasteiger partial charge in [-0.05, 0) is 73.4 Å². The molecule has 0 fully saturated rings. The Morgan fingerprint density at radius 3 is 2.59 bits per heavy atom. The predicted octanol–water partition coefficient (Wildman–Crippen LogP) is 5.63. The summed E-state index contributed by atoms with van der Waals surface area (Å²) < 4.78 is 0. The third kappa shape index (κ3) is 5.87. The smallest absolute Gasteiger partial charge is 0.160 e. The Hall–Kier alpha value is -2.88. The van der Waals surface area contributed by atoms with Gasteiger partial charge in [0.2, 0.25) is 0 Å². The van der Waals surface area contributed by atoms with Crippen molar-refractivity contribution >= 4 is 23.3 Å². The van der Waals surface area contributed by atoms with Crippen molar-refractivity contribution in [1.29, 1.82) is 0 Å². The highest BCUT2D eigenvalue weighted by atomic mass is 16.1. The Bertz CT molecular complexity index is 977. The number of aliphatic imine (C=N–C) groups is 1. The molecule has 32 heavy (non-hydrogen) atoms. The van der Waals surface area contributed by atoms with Crippen LogP contribution < -0.4 is 11.1 Å². The van der Waals surface area contributed by atoms with Crippen molar-refractivity contribution in [3.05, 3.63) is 70.5 Å². The lowest BCUT2D eigenvalue weighted by atomic mass is 9.83. The Balaban J connectivity index is 2.64. The molecule has 2 rings (SSSR count). The van der Waals surface area contributed by atoms with Gasteiger partial charge in [0.15, 0.2) is 5.78 Å². The molecule has 0 saturated heterocycles. The van der Waals surface area contributed by atoms with Crippen molar-refractivity contribution in [3.8, 4) is 0 Å². The number of ketones is 1. The van der Waals surface area contributed by atoms with Crippen LogP contribution in [0.3, 0.4) is 0 Å². The Morgan fingerprint density at radius 1 is 1.34 bits per heavy atom. The van der Waals surface area contributed by atoms with Crippen LogP contribution in [-0.4, -0.2) is 24.6 Å². The second-order valence-corrected chi connectivity index (χ2v) is 8.72. The first-order chi connectivity index (χ1) is 15.3. The minimum atomic E-state index is 0.0273. The summed E-state index contributed by atoms with van der Waals surface area (Å²) in [6, 6.07) is 4.83. The number of aryl methyl sites for hydroxylation is 1. The van der Waals surface area contributed by atoms with E-state index in [1.54, 1.807) is 13.1 Å². The first kappa shape index (κ1) is 25.4. The van der Waals surface area contributed by atoms with Gasteiger partial charge in [-0.25, -0.2) is 0 Å². The van der Waals surface area contributed by atoms with E-state index in [0.29, 0.717) is 17.5 Å². The number of carbonyl (C=O) groups excluding carboxylic acids is 1. The summed E-state index contributed by atoms with van der Waals surface area (Å²) in [4.78, 5) is 16.5. The molecule has 0 saturated carbocycles. The number of benzene rings is 1. The van der Waals surface area contributed by atoms with Crippen LogP contribution in [0, 0.1) is 5.92 Å². The van der Waals surface area contributed by atoms with Crippen LogP contribution in [0.1, 0.15) is 70.2 Å². The van der Waals surface area contributed by atoms with Crippen molar-refractivity contribution in [2.75, 3.05) is 6.54 Å². The first-order valence-corrected chi connectivity index (χ1v) is 11.7. The van der Waals surface area contributed by atoms with E-state index in [1.165, 1.54) is 16.7 Å². The molecule has 0 spiro atoms. The van der Waals surface area contributed by atoms with Crippen LogP contribution in [0.25, 0.3) is 11.3 Å². The molecular formula is C28H39N3O. The maximum absolute atomic E-state index is 12.0. The summed E-state index contributed by atoms with van der Waals surface area (Å²) in [7, 11) is 0. The highest BCUT2D eigenvalue weighted by molar-refractivity contribution is 6.10. The number of nitrogens with two attached hydrogens (primary N) is 1. The van der Waals surface area contributed by atoms with Gasteiger partial charge in [-0.15, -0.1) is 0 Å². The topological polar surface area (TPSA) is 67.5 Å². The number of nitrogens with zero attached hydrogens (tertiary/aromatic N) is 1. The number of carbonyl (C=O) groups is 1. The zero-order chi connectivity index (χ0) is 23.8. The Morgan fingerprint density at radius 2 is 2.06 bits per heavy atom. The number of nitrogens with one attached hydrogen (secondary N) is 1. The summed E-state index contributed by atoms with van der Waals surface area (Å²) in [6.07, 6.45) is 10.2. The molecule has 1 unspecified atom stereocenters. The van der Waals surface area contributed by atoms with E-state index in [2.05, 4.69) is 56.7 Å². The summed E-state index contributed by atoms with van der Waals surface area (Å²) in [5.41, 5.74) is 14.2. The number of rotatable bonds is 9. The molecule has 0 bridgehead atoms. The van der Waals surface area contributed by atoms with E-state index in [-0.39, 0.29) is 5.78 Å². The molecular weight excluding hydrogens is 394 g/mol. The van der Waals surface area contributed by atoms with Crippen LogP contribution >= 0.6 is 0 Å². The van der Waals surface area contributed by atoms with Crippen molar-refractivity contribution in [3.63, 3.8) is 0 Å². The first-order valence-electron chi connectivity index (χ1n) is 11.7. The van der Waals surface area contributed by atoms with Crippen LogP contribution in [0.5, 0.6) is 0 Å². The molecule has 4 heteroatoms. The highest BCUT2D eigenvalue weighted by Gasteiger charge is 2.26. The standard InChI is InChI=1S/C28H39N3O/c1-8-11-30-17-23(16-29)25-14-22-15-27(18(4)5)31-28(26(22)13-21(25)9-2)12-19(6)24(10-3)20(7)32/h10,12-14,16-18,27,31H,6,8-9,11,15,29H2,1-5,7H3/b23-16?,24-10+,28-12-,30-17?. The molecule has 1 aromatic carbocycles. The van der Waals surface area contributed by atoms with Crippen LogP contribution in [0.15, 0.2) is 53.2 Å². The molecule has 3 N–H and O–H groups in total. The van der Waals surface area contributed by atoms with Crippen molar-refractivity contribution in [1.82, 2.24) is 5.32 Å². The lowest BCUT2D eigenvalue weighted by Crippen LogP contribution is -2.38. The summed E-state index contributed by atoms with van der Waals surface area (Å²) >= 11 is 0. The van der Waals surface area contributed by atoms with Crippen LogP contribution in [0.4, 0.5) is 0 Å². The Labute approximate surface area is 194 Å². The Kier molecular flexibility index (Phi) is 9.25. The second kappa shape index (κ2) is 11.7. The molecule has 4 nitrogen and oxygen atoms in total. The minimum Gasteiger partial charge on any atom is -0.404 e. The van der Waals surface area contributed by atoms with E-state index >= 15 is 0 Å². The zero-order valence-electron chi connectivity index (χ0n) is 20.6. The average molecular weight is 434 g/mol. The van der Waals surface area contributed by atoms with E-state index < -0.39 is 0 Å². The normalized spacial score (nSPS) is 18.2. The van der Waals surface area contributed by atoms with Gasteiger partial charge in [0, 0.05) is 47.4 Å². The highest BCUT2D eigenvalue weighted by Crippen LogP contribution is 2.33. The number of allylic oxidation sites excluding steroid dienone is 5. The molecule has 1 heterocycles. The maximum atomic E-state index is 12.0. The van der Waals surface area contributed by atoms with Gasteiger partial charge in [-0.2, -0.15) is 0 Å². The molecule has 1 aliphatic heterocycles. The third-order valence-electron chi connectivity index (χ3n) is 5.99. The summed E-state index contributed by atoms with van der Waals surface area (Å²) in [5.74, 6) is 0.484. The van der Waals surface area contributed by atoms with Gasteiger partial charge in [0.05, 0.1) is 0 Å². The van der Waals surface area contributed by atoms with Crippen LogP contribution in [0.2, 0.25) is 0 Å². The molecule has 1 atom stereocenters. The molecule has 0 radical (unpaired) electrons. The van der Waals surface area contributed by atoms with Gasteiger partial charge in [0.25, 0.3) is 0 Å². The summed E-state index contributed by atoms with van der Waals surface area (Å²) in [6.45, 7) is 17.2. The fourth-order valence-electron chi connectivity index (χ4n) is 4.12. The van der Waals surface area contributed by atoms with Gasteiger partial charge < -0.3 is 11.1 Å². The number of Topliss-reactive ketones (excluding diaryl/α,β-unsaturated/α-hetero) is 1. The van der Waals surface area contributed by atoms with Gasteiger partial charge in [-0.3, -0.25) is 9.79 Å². The third-order valence-corrected chi connectivity index (χ3v) is 5.99. The predicted molar refractivity (Wildman–Crippen MR) is 139 cm³/mol. The lowest BCUT2D eigenvalue weighted by Gasteiger charge is -2.33. The van der Waals surface area contributed by atoms with E-state index in [4.69, 9.17) is 5.73 Å². The van der Waals surface area contributed by atoms with Crippen molar-refractivity contribution < 1.29 is 4.79 Å². The fourth-order valence-corrected chi connectivity index (χ4v) is 4.12. The van der Waals surface area contributed by atoms with Crippen molar-refractivity contribution in [2.24, 2.45) is 16.6 Å². The molecule has 1 aliphatic rings. The van der Waals surface area contributed by atoms with Gasteiger partial charge in [0.1, 0.15) is 0 Å². The molecule has 1 aromatic rings. The van der Waals surface area contributed by atoms with Crippen molar-refractivity contribution in [2.45, 2.75) is 66.8 Å². The fraction of sp³-hybridized carbons (Fsp3) is 0.429. The number of hydrogen-bond donors (Lipinski definition) is 2. The van der Waals surface area contributed by atoms with E-state index in [0.717, 1.165) is 48.2 Å². The monoisotopic (exact) mass is 433 g/mol. The largest absolute Gasteiger partial charge is 0.404 e. The molecule has 0 aliphatic carbocycles. The minimum absolute atomic E-state index is 0.0273. The van der Waals surface area contributed by atoms with Crippen LogP contribution in [-0.2, 0) is 17.6 Å². The summed E-state index contributed by atoms with van der Waals surface area (Å²) in [5, 5.41) is 3.71. The van der Waals surface area contributed by atoms with Gasteiger partial charge >= 0.3 is 0 Å². The van der Waals surface area contributed by atoms with E-state index in [9.17, 15) is 4.79 Å². The average Bonchev–Trinajstić information content (AvgIpc) is 2.76. The molecule has 0 aromatic heterocycles. The zero-order valence-corrected chi connectivity index (χ0v) is 20.6. The molecule has 0 amide bonds. The second-order valence-electron chi connectivity index (χ2n) is 8.72. The maximum Gasteiger partial charge on any atom is 0.160 e. The van der Waals surface area contributed by atoms with Gasteiger partial charge in [-0.1, -0.05) is 46.4 Å². The number of fused-ring (bicyclic) bond motifs is 1. The quantitative estimate of drug-likeness (QED) is 0.301. The lowest BCUT2D eigenvalue weighted by molar-refractivity contribution is -0.113. The molecule has 172 valence electrons. The SMILES string of the molecule is C=C(/C=C1\NC(C(C)C)Cc2cc(C(C=NCCC)=CN)c(CC)cc21)/C(=C\C)C(C)=O.